The molecule has 0 fully saturated rings. The van der Waals surface area contributed by atoms with Gasteiger partial charge in [-0.25, -0.2) is 4.79 Å². The van der Waals surface area contributed by atoms with Gasteiger partial charge in [0.2, 0.25) is 5.91 Å². The first-order valence-corrected chi connectivity index (χ1v) is 10.3. The number of nitrogens with zero attached hydrogens (tertiary/aromatic N) is 1. The highest BCUT2D eigenvalue weighted by Gasteiger charge is 2.20. The molecule has 0 unspecified atom stereocenters. The predicted molar refractivity (Wildman–Crippen MR) is 124 cm³/mol. The van der Waals surface area contributed by atoms with Crippen LogP contribution in [0.15, 0.2) is 91.3 Å². The van der Waals surface area contributed by atoms with Crippen molar-refractivity contribution in [1.82, 2.24) is 4.98 Å². The van der Waals surface area contributed by atoms with E-state index in [9.17, 15) is 9.59 Å². The summed E-state index contributed by atoms with van der Waals surface area (Å²) >= 11 is 0. The monoisotopic (exact) mass is 425 g/mol. The third kappa shape index (κ3) is 4.99. The molecule has 4 aromatic rings. The maximum atomic E-state index is 12.9. The molecular weight excluding hydrogens is 402 g/mol. The largest absolute Gasteiger partial charge is 0.457 e. The lowest BCUT2D eigenvalue weighted by Gasteiger charge is -2.16. The minimum absolute atomic E-state index is 0.140. The first kappa shape index (κ1) is 21.2. The summed E-state index contributed by atoms with van der Waals surface area (Å²) in [7, 11) is 0. The molecule has 0 aliphatic rings. The van der Waals surface area contributed by atoms with Crippen LogP contribution in [-0.4, -0.2) is 23.4 Å². The van der Waals surface area contributed by atoms with Crippen LogP contribution in [0.25, 0.3) is 10.8 Å². The van der Waals surface area contributed by atoms with Gasteiger partial charge in [0, 0.05) is 30.0 Å². The Labute approximate surface area is 186 Å². The van der Waals surface area contributed by atoms with Crippen LogP contribution in [0.3, 0.4) is 0 Å². The van der Waals surface area contributed by atoms with E-state index in [0.717, 1.165) is 21.9 Å². The fraction of sp³-hybridized carbons (Fsp3) is 0.115. The van der Waals surface area contributed by atoms with Gasteiger partial charge in [-0.3, -0.25) is 9.78 Å². The van der Waals surface area contributed by atoms with Gasteiger partial charge in [0.25, 0.3) is 0 Å². The number of nitrogens with two attached hydrogens (primary N) is 1. The highest BCUT2D eigenvalue weighted by atomic mass is 16.5. The molecule has 160 valence electrons. The Bertz CT molecular complexity index is 1220. The number of anilines is 1. The second-order valence-corrected chi connectivity index (χ2v) is 7.40. The minimum atomic E-state index is -0.544. The number of carbonyl (C=O) groups is 2. The van der Waals surface area contributed by atoms with Crippen LogP contribution >= 0.6 is 0 Å². The molecule has 32 heavy (non-hydrogen) atoms. The number of benzene rings is 3. The third-order valence-corrected chi connectivity index (χ3v) is 5.22. The standard InChI is InChI=1S/C26H23N3O3/c27-15-24(25(30)29-23-11-10-22-16-28-13-12-21(22)14-23)19-6-8-20(9-7-19)26(31)32-17-18-4-2-1-3-5-18/h1-14,16,24H,15,17,27H2,(H,29,30)/t24-/m0/s1. The van der Waals surface area contributed by atoms with E-state index in [1.54, 1.807) is 36.7 Å². The van der Waals surface area contributed by atoms with Crippen LogP contribution in [0, 0.1) is 0 Å². The maximum Gasteiger partial charge on any atom is 0.338 e. The number of amides is 1. The van der Waals surface area contributed by atoms with Crippen LogP contribution in [0.2, 0.25) is 0 Å². The summed E-state index contributed by atoms with van der Waals surface area (Å²) in [5, 5.41) is 4.91. The quantitative estimate of drug-likeness (QED) is 0.431. The average molecular weight is 425 g/mol. The lowest BCUT2D eigenvalue weighted by molar-refractivity contribution is -0.117. The van der Waals surface area contributed by atoms with Crippen molar-refractivity contribution < 1.29 is 14.3 Å². The van der Waals surface area contributed by atoms with E-state index in [0.29, 0.717) is 11.3 Å². The van der Waals surface area contributed by atoms with E-state index in [1.807, 2.05) is 54.6 Å². The van der Waals surface area contributed by atoms with Crippen molar-refractivity contribution in [3.05, 3.63) is 108 Å². The molecule has 1 heterocycles. The molecule has 3 N–H and O–H groups in total. The zero-order valence-electron chi connectivity index (χ0n) is 17.4. The highest BCUT2D eigenvalue weighted by Crippen LogP contribution is 2.22. The molecule has 0 aliphatic heterocycles. The number of pyridine rings is 1. The zero-order valence-corrected chi connectivity index (χ0v) is 17.4. The summed E-state index contributed by atoms with van der Waals surface area (Å²) in [5.41, 5.74) is 8.66. The fourth-order valence-electron chi connectivity index (χ4n) is 3.44. The molecule has 1 amide bonds. The Balaban J connectivity index is 1.41. The summed E-state index contributed by atoms with van der Waals surface area (Å²) in [5.74, 6) is -1.17. The van der Waals surface area contributed by atoms with Crippen molar-refractivity contribution in [1.29, 1.82) is 0 Å². The van der Waals surface area contributed by atoms with E-state index >= 15 is 0 Å². The molecule has 0 radical (unpaired) electrons. The summed E-state index contributed by atoms with van der Waals surface area (Å²) in [6.07, 6.45) is 3.49. The number of aromatic nitrogens is 1. The molecule has 3 aromatic carbocycles. The second-order valence-electron chi connectivity index (χ2n) is 7.40. The Morgan fingerprint density at radius 2 is 1.72 bits per heavy atom. The van der Waals surface area contributed by atoms with Gasteiger partial charge in [0.15, 0.2) is 0 Å². The molecule has 0 saturated carbocycles. The Kier molecular flexibility index (Phi) is 6.53. The molecule has 6 nitrogen and oxygen atoms in total. The summed E-state index contributed by atoms with van der Waals surface area (Å²) < 4.78 is 5.36. The summed E-state index contributed by atoms with van der Waals surface area (Å²) in [6, 6.07) is 23.8. The zero-order chi connectivity index (χ0) is 22.3. The van der Waals surface area contributed by atoms with Crippen LogP contribution in [0.5, 0.6) is 0 Å². The van der Waals surface area contributed by atoms with Crippen LogP contribution in [0.4, 0.5) is 5.69 Å². The molecule has 4 rings (SSSR count). The lowest BCUT2D eigenvalue weighted by atomic mass is 9.97. The first-order valence-electron chi connectivity index (χ1n) is 10.3. The normalized spacial score (nSPS) is 11.7. The number of nitrogens with one attached hydrogen (secondary N) is 1. The van der Waals surface area contributed by atoms with Crippen molar-refractivity contribution in [3.8, 4) is 0 Å². The van der Waals surface area contributed by atoms with Crippen molar-refractivity contribution >= 4 is 28.3 Å². The van der Waals surface area contributed by atoms with Crippen LogP contribution in [-0.2, 0) is 16.1 Å². The van der Waals surface area contributed by atoms with Gasteiger partial charge in [0.05, 0.1) is 11.5 Å². The number of ether oxygens (including phenoxy) is 1. The van der Waals surface area contributed by atoms with E-state index in [-0.39, 0.29) is 19.1 Å². The molecule has 6 heteroatoms. The highest BCUT2D eigenvalue weighted by molar-refractivity contribution is 5.98. The topological polar surface area (TPSA) is 94.3 Å². The molecule has 1 atom stereocenters. The maximum absolute atomic E-state index is 12.9. The number of rotatable bonds is 7. The first-order chi connectivity index (χ1) is 15.6. The molecule has 1 aromatic heterocycles. The number of fused-ring (bicyclic) bond motifs is 1. The van der Waals surface area contributed by atoms with E-state index < -0.39 is 11.9 Å². The van der Waals surface area contributed by atoms with E-state index in [2.05, 4.69) is 10.3 Å². The average Bonchev–Trinajstić information content (AvgIpc) is 2.84. The molecule has 0 spiro atoms. The third-order valence-electron chi connectivity index (χ3n) is 5.22. The summed E-state index contributed by atoms with van der Waals surface area (Å²) in [4.78, 5) is 29.3. The van der Waals surface area contributed by atoms with Gasteiger partial charge >= 0.3 is 5.97 Å². The molecular formula is C26H23N3O3. The van der Waals surface area contributed by atoms with Gasteiger partial charge in [-0.15, -0.1) is 0 Å². The van der Waals surface area contributed by atoms with Crippen LogP contribution in [0.1, 0.15) is 27.4 Å². The smallest absolute Gasteiger partial charge is 0.338 e. The molecule has 0 saturated heterocycles. The SMILES string of the molecule is NC[C@H](C(=O)Nc1ccc2cnccc2c1)c1ccc(C(=O)OCc2ccccc2)cc1. The minimum Gasteiger partial charge on any atom is -0.457 e. The van der Waals surface area contributed by atoms with Gasteiger partial charge in [-0.1, -0.05) is 48.5 Å². The van der Waals surface area contributed by atoms with Gasteiger partial charge < -0.3 is 15.8 Å². The van der Waals surface area contributed by atoms with Crippen molar-refractivity contribution in [3.63, 3.8) is 0 Å². The van der Waals surface area contributed by atoms with E-state index in [4.69, 9.17) is 10.5 Å². The van der Waals surface area contributed by atoms with E-state index in [1.165, 1.54) is 0 Å². The van der Waals surface area contributed by atoms with Crippen molar-refractivity contribution in [2.24, 2.45) is 5.73 Å². The molecule has 0 aliphatic carbocycles. The van der Waals surface area contributed by atoms with Gasteiger partial charge in [-0.2, -0.15) is 0 Å². The Morgan fingerprint density at radius 1 is 0.938 bits per heavy atom. The predicted octanol–water partition coefficient (Wildman–Crippen LogP) is 4.27. The fourth-order valence-corrected chi connectivity index (χ4v) is 3.44. The second kappa shape index (κ2) is 9.85. The number of hydrogen-bond acceptors (Lipinski definition) is 5. The Morgan fingerprint density at radius 3 is 2.47 bits per heavy atom. The Hall–Kier alpha value is -4.03. The molecule has 0 bridgehead atoms. The summed E-state index contributed by atoms with van der Waals surface area (Å²) in [6.45, 7) is 0.345. The van der Waals surface area contributed by atoms with Gasteiger partial charge in [0.1, 0.15) is 6.61 Å². The number of esters is 1. The lowest BCUT2D eigenvalue weighted by Crippen LogP contribution is -2.27. The number of hydrogen-bond donors (Lipinski definition) is 2. The number of carbonyl (C=O) groups excluding carboxylic acids is 2. The van der Waals surface area contributed by atoms with Crippen molar-refractivity contribution in [2.45, 2.75) is 12.5 Å². The van der Waals surface area contributed by atoms with Gasteiger partial charge in [-0.05, 0) is 46.8 Å². The van der Waals surface area contributed by atoms with Crippen molar-refractivity contribution in [2.75, 3.05) is 11.9 Å². The van der Waals surface area contributed by atoms with Crippen LogP contribution < -0.4 is 11.1 Å².